The second-order valence-electron chi connectivity index (χ2n) is 3.38. The van der Waals surface area contributed by atoms with E-state index in [0.717, 1.165) is 12.6 Å². The lowest BCUT2D eigenvalue weighted by atomic mass is 10.0. The molecule has 0 aliphatic rings. The summed E-state index contributed by atoms with van der Waals surface area (Å²) >= 11 is 0. The molecule has 0 aromatic heterocycles. The average molecular weight is 197 g/mol. The largest absolute Gasteiger partial charge is 0.508 e. The van der Waals surface area contributed by atoms with Crippen LogP contribution in [0.1, 0.15) is 12.5 Å². The Morgan fingerprint density at radius 1 is 1.38 bits per heavy atom. The molecule has 2 atom stereocenters. The van der Waals surface area contributed by atoms with Gasteiger partial charge in [-0.1, -0.05) is 27.8 Å². The molecule has 0 radical (unpaired) electrons. The zero-order valence-corrected chi connectivity index (χ0v) is 8.83. The third-order valence-electron chi connectivity index (χ3n) is 1.99. The first-order valence-corrected chi connectivity index (χ1v) is 5.72. The van der Waals surface area contributed by atoms with Crippen LogP contribution in [0.2, 0.25) is 0 Å². The number of phenols is 1. The van der Waals surface area contributed by atoms with E-state index in [1.165, 1.54) is 5.56 Å². The number of phenolic OH excluding ortho intramolecular Hbond substituents is 1. The summed E-state index contributed by atoms with van der Waals surface area (Å²) < 4.78 is 0. The Labute approximate surface area is 81.0 Å². The number of hydrogen-bond donors (Lipinski definition) is 2. The van der Waals surface area contributed by atoms with Crippen molar-refractivity contribution in [3.05, 3.63) is 29.8 Å². The molecule has 1 aromatic carbocycles. The minimum absolute atomic E-state index is 0.331. The highest BCUT2D eigenvalue weighted by atomic mass is 31.1. The third kappa shape index (κ3) is 3.75. The Kier molecular flexibility index (Phi) is 4.20. The van der Waals surface area contributed by atoms with Gasteiger partial charge in [0.15, 0.2) is 0 Å². The fourth-order valence-corrected chi connectivity index (χ4v) is 1.85. The van der Waals surface area contributed by atoms with Gasteiger partial charge in [-0.2, -0.15) is 0 Å². The van der Waals surface area contributed by atoms with E-state index in [2.05, 4.69) is 6.92 Å². The van der Waals surface area contributed by atoms with Gasteiger partial charge in [0.1, 0.15) is 5.75 Å². The number of benzene rings is 1. The van der Waals surface area contributed by atoms with E-state index >= 15 is 0 Å². The lowest BCUT2D eigenvalue weighted by Gasteiger charge is -2.09. The summed E-state index contributed by atoms with van der Waals surface area (Å²) in [5, 5.41) is 9.08. The van der Waals surface area contributed by atoms with Gasteiger partial charge >= 0.3 is 0 Å². The van der Waals surface area contributed by atoms with Crippen LogP contribution in [0.4, 0.5) is 0 Å². The zero-order valence-electron chi connectivity index (χ0n) is 7.83. The molecule has 3 N–H and O–H groups in total. The summed E-state index contributed by atoms with van der Waals surface area (Å²) in [5.74, 6) is 0.963. The summed E-state index contributed by atoms with van der Waals surface area (Å²) in [6, 6.07) is 7.39. The molecule has 0 spiro atoms. The predicted octanol–water partition coefficient (Wildman–Crippen LogP) is 2.12. The third-order valence-corrected chi connectivity index (χ3v) is 2.92. The smallest absolute Gasteiger partial charge is 0.115 e. The van der Waals surface area contributed by atoms with Crippen molar-refractivity contribution in [2.75, 3.05) is 6.16 Å². The van der Waals surface area contributed by atoms with Crippen LogP contribution >= 0.6 is 8.73 Å². The van der Waals surface area contributed by atoms with Crippen LogP contribution in [-0.2, 0) is 6.42 Å². The summed E-state index contributed by atoms with van der Waals surface area (Å²) in [6.07, 6.45) is 2.13. The fraction of sp³-hybridized carbons (Fsp3) is 0.400. The monoisotopic (exact) mass is 197 g/mol. The molecule has 0 saturated heterocycles. The minimum Gasteiger partial charge on any atom is -0.508 e. The molecular weight excluding hydrogens is 181 g/mol. The molecule has 0 saturated carbocycles. The second-order valence-corrected chi connectivity index (χ2v) is 4.20. The van der Waals surface area contributed by atoms with Crippen LogP contribution in [0.3, 0.4) is 0 Å². The van der Waals surface area contributed by atoms with E-state index in [1.54, 1.807) is 12.1 Å². The molecule has 72 valence electrons. The fourth-order valence-electron chi connectivity index (χ4n) is 1.31. The maximum Gasteiger partial charge on any atom is 0.115 e. The molecule has 1 aromatic rings. The van der Waals surface area contributed by atoms with Crippen LogP contribution in [0.15, 0.2) is 24.3 Å². The van der Waals surface area contributed by atoms with Gasteiger partial charge in [-0.25, -0.2) is 0 Å². The van der Waals surface area contributed by atoms with Crippen molar-refractivity contribution in [2.24, 2.45) is 11.4 Å². The summed E-state index contributed by atoms with van der Waals surface area (Å²) in [5.41, 5.74) is 6.76. The van der Waals surface area contributed by atoms with Crippen molar-refractivity contribution in [3.63, 3.8) is 0 Å². The molecule has 0 aliphatic heterocycles. The average Bonchev–Trinajstić information content (AvgIpc) is 2.09. The van der Waals surface area contributed by atoms with Gasteiger partial charge in [0.25, 0.3) is 0 Å². The van der Waals surface area contributed by atoms with Gasteiger partial charge in [-0.3, -0.25) is 0 Å². The first kappa shape index (κ1) is 10.5. The van der Waals surface area contributed by atoms with Crippen LogP contribution in [0, 0.1) is 5.92 Å². The Morgan fingerprint density at radius 2 is 2.00 bits per heavy atom. The Bertz CT molecular complexity index is 248. The van der Waals surface area contributed by atoms with E-state index < -0.39 is 0 Å². The van der Waals surface area contributed by atoms with E-state index in [4.69, 9.17) is 10.6 Å². The Balaban J connectivity index is 2.49. The first-order valence-electron chi connectivity index (χ1n) is 4.43. The highest BCUT2D eigenvalue weighted by Crippen LogP contribution is 2.16. The number of hydrogen-bond acceptors (Lipinski definition) is 2. The highest BCUT2D eigenvalue weighted by Gasteiger charge is 2.02. The highest BCUT2D eigenvalue weighted by molar-refractivity contribution is 7.35. The first-order chi connectivity index (χ1) is 6.22. The van der Waals surface area contributed by atoms with E-state index in [0.29, 0.717) is 20.4 Å². The van der Waals surface area contributed by atoms with Crippen molar-refractivity contribution >= 4 is 8.73 Å². The molecule has 2 nitrogen and oxygen atoms in total. The summed E-state index contributed by atoms with van der Waals surface area (Å²) in [7, 11) is 0.538. The van der Waals surface area contributed by atoms with Crippen LogP contribution in [-0.4, -0.2) is 11.3 Å². The van der Waals surface area contributed by atoms with Gasteiger partial charge in [-0.15, -0.1) is 0 Å². The van der Waals surface area contributed by atoms with Crippen molar-refractivity contribution in [1.29, 1.82) is 0 Å². The van der Waals surface area contributed by atoms with Crippen molar-refractivity contribution in [2.45, 2.75) is 13.3 Å². The van der Waals surface area contributed by atoms with Crippen molar-refractivity contribution in [1.82, 2.24) is 0 Å². The maximum absolute atomic E-state index is 9.08. The van der Waals surface area contributed by atoms with Crippen LogP contribution < -0.4 is 5.50 Å². The van der Waals surface area contributed by atoms with Crippen molar-refractivity contribution in [3.8, 4) is 5.75 Å². The Morgan fingerprint density at radius 3 is 2.54 bits per heavy atom. The van der Waals surface area contributed by atoms with Gasteiger partial charge < -0.3 is 10.6 Å². The topological polar surface area (TPSA) is 46.2 Å². The molecule has 0 aliphatic carbocycles. The van der Waals surface area contributed by atoms with Gasteiger partial charge in [-0.05, 0) is 36.2 Å². The molecule has 0 bridgehead atoms. The molecular formula is C10H16NOP. The number of aromatic hydroxyl groups is 1. The van der Waals surface area contributed by atoms with E-state index in [-0.39, 0.29) is 0 Å². The molecule has 0 amide bonds. The lowest BCUT2D eigenvalue weighted by molar-refractivity contribution is 0.475. The normalized spacial score (nSPS) is 13.7. The van der Waals surface area contributed by atoms with Gasteiger partial charge in [0.2, 0.25) is 0 Å². The molecule has 2 unspecified atom stereocenters. The minimum atomic E-state index is 0.331. The molecule has 0 fully saturated rings. The van der Waals surface area contributed by atoms with Gasteiger partial charge in [0.05, 0.1) is 0 Å². The SMILES string of the molecule is CC(CPN)Cc1ccc(O)cc1. The zero-order chi connectivity index (χ0) is 9.68. The molecule has 3 heteroatoms. The summed E-state index contributed by atoms with van der Waals surface area (Å²) in [6.45, 7) is 2.20. The standard InChI is InChI=1S/C10H16NOP/c1-8(7-13-11)6-9-2-4-10(12)5-3-9/h2-5,8,12-13H,6-7,11H2,1H3. The maximum atomic E-state index is 9.08. The Hall–Kier alpha value is -0.590. The lowest BCUT2D eigenvalue weighted by Crippen LogP contribution is -2.03. The van der Waals surface area contributed by atoms with E-state index in [9.17, 15) is 0 Å². The van der Waals surface area contributed by atoms with Crippen LogP contribution in [0.25, 0.3) is 0 Å². The number of rotatable bonds is 4. The van der Waals surface area contributed by atoms with Crippen molar-refractivity contribution < 1.29 is 5.11 Å². The molecule has 0 heterocycles. The second kappa shape index (κ2) is 5.21. The molecule has 13 heavy (non-hydrogen) atoms. The van der Waals surface area contributed by atoms with E-state index in [1.807, 2.05) is 12.1 Å². The quantitative estimate of drug-likeness (QED) is 0.726. The van der Waals surface area contributed by atoms with Crippen LogP contribution in [0.5, 0.6) is 5.75 Å². The van der Waals surface area contributed by atoms with Gasteiger partial charge in [0, 0.05) is 0 Å². The molecule has 1 rings (SSSR count). The summed E-state index contributed by atoms with van der Waals surface area (Å²) in [4.78, 5) is 0. The number of nitrogens with two attached hydrogens (primary N) is 1. The predicted molar refractivity (Wildman–Crippen MR) is 58.3 cm³/mol.